The molecule has 0 spiro atoms. The van der Waals surface area contributed by atoms with Crippen molar-refractivity contribution in [3.8, 4) is 0 Å². The molecule has 1 rings (SSSR count). The van der Waals surface area contributed by atoms with Crippen LogP contribution >= 0.6 is 11.6 Å². The van der Waals surface area contributed by atoms with Crippen LogP contribution in [-0.4, -0.2) is 39.5 Å². The predicted molar refractivity (Wildman–Crippen MR) is 75.3 cm³/mol. The van der Waals surface area contributed by atoms with Gasteiger partial charge in [0.1, 0.15) is 0 Å². The minimum Gasteiger partial charge on any atom is -0.382 e. The summed E-state index contributed by atoms with van der Waals surface area (Å²) in [4.78, 5) is 0. The largest absolute Gasteiger partial charge is 0.382 e. The van der Waals surface area contributed by atoms with Crippen molar-refractivity contribution >= 4 is 11.6 Å². The molecule has 0 bridgehead atoms. The van der Waals surface area contributed by atoms with Gasteiger partial charge in [-0.1, -0.05) is 30.7 Å². The fraction of sp³-hybridized carbons (Fsp3) is 0.571. The number of likely N-dealkylation sites (N-methyl/N-ethyl adjacent to an activating group) is 1. The van der Waals surface area contributed by atoms with Crippen molar-refractivity contribution in [1.82, 2.24) is 5.32 Å². The molecule has 0 radical (unpaired) electrons. The van der Waals surface area contributed by atoms with Crippen molar-refractivity contribution in [1.29, 1.82) is 0 Å². The summed E-state index contributed by atoms with van der Waals surface area (Å²) in [6.45, 7) is 5.01. The first-order valence-electron chi connectivity index (χ1n) is 6.30. The molecule has 18 heavy (non-hydrogen) atoms. The highest BCUT2D eigenvalue weighted by atomic mass is 35.5. The molecule has 0 aliphatic rings. The molecule has 0 fully saturated rings. The Morgan fingerprint density at radius 1 is 1.22 bits per heavy atom. The molecular weight excluding hydrogens is 250 g/mol. The number of benzene rings is 1. The van der Waals surface area contributed by atoms with Gasteiger partial charge >= 0.3 is 0 Å². The smallest absolute Gasteiger partial charge is 0.0701 e. The van der Waals surface area contributed by atoms with Crippen molar-refractivity contribution in [3.05, 3.63) is 34.9 Å². The number of nitrogens with one attached hydrogen (secondary N) is 1. The second kappa shape index (κ2) is 9.34. The number of hydrogen-bond acceptors (Lipinski definition) is 3. The summed E-state index contributed by atoms with van der Waals surface area (Å²) in [5.41, 5.74) is 1.26. The molecule has 0 saturated heterocycles. The van der Waals surface area contributed by atoms with Gasteiger partial charge in [-0.15, -0.1) is 0 Å². The van der Waals surface area contributed by atoms with E-state index in [1.807, 2.05) is 12.1 Å². The first-order chi connectivity index (χ1) is 8.76. The molecule has 0 aliphatic heterocycles. The van der Waals surface area contributed by atoms with Gasteiger partial charge < -0.3 is 14.8 Å². The van der Waals surface area contributed by atoms with E-state index in [1.165, 1.54) is 5.56 Å². The fourth-order valence-electron chi connectivity index (χ4n) is 1.75. The van der Waals surface area contributed by atoms with Crippen LogP contribution in [0.4, 0.5) is 0 Å². The Labute approximate surface area is 114 Å². The summed E-state index contributed by atoms with van der Waals surface area (Å²) >= 11 is 5.87. The van der Waals surface area contributed by atoms with E-state index in [2.05, 4.69) is 24.4 Å². The third-order valence-corrected chi connectivity index (χ3v) is 2.89. The summed E-state index contributed by atoms with van der Waals surface area (Å²) in [5, 5.41) is 4.20. The second-order valence-electron chi connectivity index (χ2n) is 4.15. The quantitative estimate of drug-likeness (QED) is 0.700. The van der Waals surface area contributed by atoms with E-state index in [0.29, 0.717) is 25.9 Å². The van der Waals surface area contributed by atoms with Crippen molar-refractivity contribution in [2.24, 2.45) is 0 Å². The first kappa shape index (κ1) is 15.4. The minimum absolute atomic E-state index is 0.327. The van der Waals surface area contributed by atoms with Crippen LogP contribution in [0.15, 0.2) is 24.3 Å². The molecule has 0 aliphatic carbocycles. The van der Waals surface area contributed by atoms with Gasteiger partial charge in [-0.05, 0) is 30.7 Å². The fourth-order valence-corrected chi connectivity index (χ4v) is 1.88. The van der Waals surface area contributed by atoms with Crippen molar-refractivity contribution in [2.75, 3.05) is 33.5 Å². The predicted octanol–water partition coefficient (Wildman–Crippen LogP) is 2.52. The number of rotatable bonds is 9. The van der Waals surface area contributed by atoms with Crippen molar-refractivity contribution < 1.29 is 9.47 Å². The lowest BCUT2D eigenvalue weighted by atomic mass is 10.1. The first-order valence-corrected chi connectivity index (χ1v) is 6.68. The zero-order chi connectivity index (χ0) is 13.2. The van der Waals surface area contributed by atoms with Gasteiger partial charge in [-0.2, -0.15) is 0 Å². The minimum atomic E-state index is 0.327. The van der Waals surface area contributed by atoms with E-state index in [-0.39, 0.29) is 0 Å². The second-order valence-corrected chi connectivity index (χ2v) is 4.59. The topological polar surface area (TPSA) is 30.5 Å². The van der Waals surface area contributed by atoms with Crippen LogP contribution in [0.2, 0.25) is 5.02 Å². The molecule has 1 atom stereocenters. The molecule has 0 saturated carbocycles. The lowest BCUT2D eigenvalue weighted by molar-refractivity contribution is 0.0589. The van der Waals surface area contributed by atoms with Crippen LogP contribution in [0, 0.1) is 0 Å². The van der Waals surface area contributed by atoms with Crippen LogP contribution in [0.3, 0.4) is 0 Å². The SMILES string of the molecule is CCNC(COCCOC)Cc1ccc(Cl)cc1. The summed E-state index contributed by atoms with van der Waals surface area (Å²) in [7, 11) is 1.68. The average molecular weight is 272 g/mol. The maximum atomic E-state index is 5.87. The van der Waals surface area contributed by atoms with E-state index in [4.69, 9.17) is 21.1 Å². The highest BCUT2D eigenvalue weighted by molar-refractivity contribution is 6.30. The molecule has 1 N–H and O–H groups in total. The zero-order valence-corrected chi connectivity index (χ0v) is 11.9. The van der Waals surface area contributed by atoms with Crippen LogP contribution in [0.5, 0.6) is 0 Å². The molecular formula is C14H22ClNO2. The van der Waals surface area contributed by atoms with Gasteiger partial charge in [0.25, 0.3) is 0 Å². The third kappa shape index (κ3) is 6.36. The molecule has 4 heteroatoms. The summed E-state index contributed by atoms with van der Waals surface area (Å²) in [5.74, 6) is 0. The van der Waals surface area contributed by atoms with Crippen molar-refractivity contribution in [2.45, 2.75) is 19.4 Å². The van der Waals surface area contributed by atoms with E-state index in [9.17, 15) is 0 Å². The van der Waals surface area contributed by atoms with Gasteiger partial charge in [-0.25, -0.2) is 0 Å². The Kier molecular flexibility index (Phi) is 8.01. The standard InChI is InChI=1S/C14H22ClNO2/c1-3-16-14(11-18-9-8-17-2)10-12-4-6-13(15)7-5-12/h4-7,14,16H,3,8-11H2,1-2H3. The number of hydrogen-bond donors (Lipinski definition) is 1. The van der Waals surface area contributed by atoms with E-state index < -0.39 is 0 Å². The highest BCUT2D eigenvalue weighted by Crippen LogP contribution is 2.11. The maximum Gasteiger partial charge on any atom is 0.0701 e. The molecule has 0 amide bonds. The van der Waals surface area contributed by atoms with Crippen LogP contribution in [0.25, 0.3) is 0 Å². The Bertz CT molecular complexity index is 316. The van der Waals surface area contributed by atoms with Gasteiger partial charge in [0.15, 0.2) is 0 Å². The summed E-state index contributed by atoms with van der Waals surface area (Å²) < 4.78 is 10.5. The molecule has 3 nitrogen and oxygen atoms in total. The van der Waals surface area contributed by atoms with Crippen LogP contribution in [-0.2, 0) is 15.9 Å². The third-order valence-electron chi connectivity index (χ3n) is 2.64. The van der Waals surface area contributed by atoms with Crippen molar-refractivity contribution in [3.63, 3.8) is 0 Å². The molecule has 1 aromatic carbocycles. The lowest BCUT2D eigenvalue weighted by Gasteiger charge is -2.18. The van der Waals surface area contributed by atoms with Gasteiger partial charge in [0, 0.05) is 18.2 Å². The van der Waals surface area contributed by atoms with Crippen LogP contribution < -0.4 is 5.32 Å². The van der Waals surface area contributed by atoms with Crippen LogP contribution in [0.1, 0.15) is 12.5 Å². The van der Waals surface area contributed by atoms with Gasteiger partial charge in [0.2, 0.25) is 0 Å². The number of methoxy groups -OCH3 is 1. The normalized spacial score (nSPS) is 12.6. The molecule has 102 valence electrons. The van der Waals surface area contributed by atoms with E-state index in [0.717, 1.165) is 18.0 Å². The molecule has 0 heterocycles. The molecule has 0 aromatic heterocycles. The Balaban J connectivity index is 2.38. The maximum absolute atomic E-state index is 5.87. The molecule has 1 unspecified atom stereocenters. The Morgan fingerprint density at radius 2 is 1.94 bits per heavy atom. The Morgan fingerprint density at radius 3 is 2.56 bits per heavy atom. The van der Waals surface area contributed by atoms with Gasteiger partial charge in [0.05, 0.1) is 19.8 Å². The molecule has 1 aromatic rings. The average Bonchev–Trinajstić information content (AvgIpc) is 2.37. The Hall–Kier alpha value is -0.610. The lowest BCUT2D eigenvalue weighted by Crippen LogP contribution is -2.35. The number of ether oxygens (including phenoxy) is 2. The summed E-state index contributed by atoms with van der Waals surface area (Å²) in [6.07, 6.45) is 0.942. The van der Waals surface area contributed by atoms with Gasteiger partial charge in [-0.3, -0.25) is 0 Å². The zero-order valence-electron chi connectivity index (χ0n) is 11.1. The van der Waals surface area contributed by atoms with E-state index in [1.54, 1.807) is 7.11 Å². The monoisotopic (exact) mass is 271 g/mol. The number of halogens is 1. The highest BCUT2D eigenvalue weighted by Gasteiger charge is 2.08. The van der Waals surface area contributed by atoms with E-state index >= 15 is 0 Å². The summed E-state index contributed by atoms with van der Waals surface area (Å²) in [6, 6.07) is 8.29.